The molecular weight excluding hydrogens is 849 g/mol. The van der Waals surface area contributed by atoms with Crippen molar-refractivity contribution < 1.29 is 32.8 Å². The fraction of sp³-hybridized carbons (Fsp3) is 0.521. The van der Waals surface area contributed by atoms with Crippen LogP contribution in [0.2, 0.25) is 0 Å². The van der Waals surface area contributed by atoms with E-state index in [-0.39, 0.29) is 54.1 Å². The van der Waals surface area contributed by atoms with Crippen molar-refractivity contribution in [2.45, 2.75) is 103 Å². The van der Waals surface area contributed by atoms with Crippen molar-refractivity contribution in [3.63, 3.8) is 0 Å². The van der Waals surface area contributed by atoms with Crippen LogP contribution < -0.4 is 26.6 Å². The molecule has 0 spiro atoms. The summed E-state index contributed by atoms with van der Waals surface area (Å²) in [5.74, 6) is 0.480. The smallest absolute Gasteiger partial charge is 0.264 e. The molecular formula is C48H61F2N11O5. The molecule has 18 heteroatoms. The van der Waals surface area contributed by atoms with Crippen LogP contribution in [0.5, 0.6) is 0 Å². The number of alkyl halides is 2. The SMILES string of the molecule is CN=C/C(=C\N)c1cc2c(cc1C(F)F)N(c1nn(C3CCN(C(=O)CCC4CCN(CC(=O)Nc5cccc(NC6CCC(=O)NC6=O)c5)CC4)CC3)c3c1CN(C(C)=O)CC3)CCC2. The first-order valence-electron chi connectivity index (χ1n) is 23.3. The third-order valence-electron chi connectivity index (χ3n) is 13.9. The number of fused-ring (bicyclic) bond motifs is 2. The number of hydrogen-bond donors (Lipinski definition) is 4. The van der Waals surface area contributed by atoms with Gasteiger partial charge in [-0.1, -0.05) is 6.07 Å². The van der Waals surface area contributed by atoms with E-state index in [1.54, 1.807) is 38.2 Å². The van der Waals surface area contributed by atoms with Gasteiger partial charge in [-0.05, 0) is 112 Å². The topological polar surface area (TPSA) is 191 Å². The summed E-state index contributed by atoms with van der Waals surface area (Å²) >= 11 is 0. The average molecular weight is 910 g/mol. The lowest BCUT2D eigenvalue weighted by molar-refractivity contribution is -0.134. The van der Waals surface area contributed by atoms with Crippen molar-refractivity contribution in [2.24, 2.45) is 16.6 Å². The van der Waals surface area contributed by atoms with Crippen LogP contribution >= 0.6 is 0 Å². The molecule has 1 aromatic heterocycles. The molecule has 5 N–H and O–H groups in total. The van der Waals surface area contributed by atoms with E-state index in [1.165, 1.54) is 12.4 Å². The quantitative estimate of drug-likeness (QED) is 0.129. The van der Waals surface area contributed by atoms with Gasteiger partial charge in [-0.3, -0.25) is 43.9 Å². The summed E-state index contributed by atoms with van der Waals surface area (Å²) in [7, 11) is 1.58. The highest BCUT2D eigenvalue weighted by Crippen LogP contribution is 2.43. The number of likely N-dealkylation sites (tertiary alicyclic amines) is 2. The van der Waals surface area contributed by atoms with E-state index in [0.717, 1.165) is 68.4 Å². The van der Waals surface area contributed by atoms with Gasteiger partial charge in [-0.15, -0.1) is 0 Å². The van der Waals surface area contributed by atoms with E-state index in [4.69, 9.17) is 10.8 Å². The number of aliphatic imine (C=N–C) groups is 1. The molecule has 5 amide bonds. The van der Waals surface area contributed by atoms with Gasteiger partial charge in [0, 0.05) is 111 Å². The minimum absolute atomic E-state index is 0.0236. The molecule has 3 fully saturated rings. The predicted octanol–water partition coefficient (Wildman–Crippen LogP) is 5.32. The van der Waals surface area contributed by atoms with Gasteiger partial charge in [0.2, 0.25) is 29.5 Å². The van der Waals surface area contributed by atoms with Crippen molar-refractivity contribution in [3.05, 3.63) is 70.5 Å². The highest BCUT2D eigenvalue weighted by atomic mass is 19.3. The molecule has 352 valence electrons. The van der Waals surface area contributed by atoms with E-state index >= 15 is 0 Å². The maximum atomic E-state index is 14.7. The van der Waals surface area contributed by atoms with Crippen LogP contribution in [0.1, 0.15) is 105 Å². The van der Waals surface area contributed by atoms with E-state index in [2.05, 4.69) is 35.4 Å². The number of aryl methyl sites for hydroxylation is 1. The minimum atomic E-state index is -2.74. The fourth-order valence-corrected chi connectivity index (χ4v) is 10.3. The van der Waals surface area contributed by atoms with Crippen LogP contribution in [0, 0.1) is 5.92 Å². The highest BCUT2D eigenvalue weighted by Gasteiger charge is 2.36. The summed E-state index contributed by atoms with van der Waals surface area (Å²) in [6.07, 6.45) is 7.46. The Kier molecular flexibility index (Phi) is 14.4. The minimum Gasteiger partial charge on any atom is -0.404 e. The molecule has 0 radical (unpaired) electrons. The zero-order valence-corrected chi connectivity index (χ0v) is 37.9. The number of anilines is 4. The predicted molar refractivity (Wildman–Crippen MR) is 248 cm³/mol. The van der Waals surface area contributed by atoms with Gasteiger partial charge < -0.3 is 31.1 Å². The van der Waals surface area contributed by atoms with Crippen LogP contribution in [0.15, 0.2) is 47.6 Å². The van der Waals surface area contributed by atoms with Crippen molar-refractivity contribution in [1.29, 1.82) is 0 Å². The summed E-state index contributed by atoms with van der Waals surface area (Å²) in [6, 6.07) is 10.1. The molecule has 5 aliphatic rings. The number of hydrogen-bond acceptors (Lipinski definition) is 11. The molecule has 2 aromatic carbocycles. The number of imide groups is 1. The summed E-state index contributed by atoms with van der Waals surface area (Å²) in [5.41, 5.74) is 11.5. The van der Waals surface area contributed by atoms with E-state index in [0.29, 0.717) is 98.3 Å². The largest absolute Gasteiger partial charge is 0.404 e. The lowest BCUT2D eigenvalue weighted by Crippen LogP contribution is -2.47. The number of amides is 5. The second kappa shape index (κ2) is 20.6. The zero-order chi connectivity index (χ0) is 46.5. The molecule has 66 heavy (non-hydrogen) atoms. The van der Waals surface area contributed by atoms with Crippen LogP contribution in [0.25, 0.3) is 5.57 Å². The number of halogens is 2. The molecule has 0 saturated carbocycles. The van der Waals surface area contributed by atoms with Gasteiger partial charge in [-0.2, -0.15) is 5.10 Å². The Morgan fingerprint density at radius 3 is 2.44 bits per heavy atom. The summed E-state index contributed by atoms with van der Waals surface area (Å²) in [5, 5.41) is 13.7. The van der Waals surface area contributed by atoms with Crippen molar-refractivity contribution in [1.82, 2.24) is 29.8 Å². The third-order valence-corrected chi connectivity index (χ3v) is 13.9. The second-order valence-electron chi connectivity index (χ2n) is 18.2. The van der Waals surface area contributed by atoms with Crippen LogP contribution in [0.3, 0.4) is 0 Å². The number of nitrogens with one attached hydrogen (secondary N) is 3. The number of aromatic nitrogens is 2. The maximum absolute atomic E-state index is 14.7. The Balaban J connectivity index is 0.845. The number of rotatable bonds is 13. The van der Waals surface area contributed by atoms with Gasteiger partial charge in [0.25, 0.3) is 6.43 Å². The molecule has 16 nitrogen and oxygen atoms in total. The van der Waals surface area contributed by atoms with Gasteiger partial charge in [0.15, 0.2) is 5.82 Å². The first-order chi connectivity index (χ1) is 31.9. The third kappa shape index (κ3) is 10.4. The van der Waals surface area contributed by atoms with Crippen LogP contribution in [0.4, 0.5) is 31.7 Å². The Labute approximate surface area is 384 Å². The molecule has 8 rings (SSSR count). The highest BCUT2D eigenvalue weighted by molar-refractivity contribution is 6.10. The van der Waals surface area contributed by atoms with Crippen LogP contribution in [-0.2, 0) is 43.4 Å². The Morgan fingerprint density at radius 2 is 1.73 bits per heavy atom. The van der Waals surface area contributed by atoms with E-state index in [1.807, 2.05) is 21.9 Å². The number of carbonyl (C=O) groups excluding carboxylic acids is 5. The number of piperidine rings is 3. The molecule has 5 aliphatic heterocycles. The van der Waals surface area contributed by atoms with Crippen molar-refractivity contribution >= 4 is 64.2 Å². The Morgan fingerprint density at radius 1 is 0.955 bits per heavy atom. The van der Waals surface area contributed by atoms with E-state index < -0.39 is 12.5 Å². The molecule has 0 aliphatic carbocycles. The van der Waals surface area contributed by atoms with Gasteiger partial charge >= 0.3 is 0 Å². The second-order valence-corrected chi connectivity index (χ2v) is 18.2. The van der Waals surface area contributed by atoms with Gasteiger partial charge in [-0.25, -0.2) is 8.78 Å². The molecule has 6 heterocycles. The number of benzene rings is 2. The average Bonchev–Trinajstić information content (AvgIpc) is 3.69. The summed E-state index contributed by atoms with van der Waals surface area (Å²) in [6.45, 7) is 6.16. The summed E-state index contributed by atoms with van der Waals surface area (Å²) in [4.78, 5) is 74.9. The molecule has 3 aromatic rings. The monoisotopic (exact) mass is 909 g/mol. The van der Waals surface area contributed by atoms with Crippen LogP contribution in [-0.4, -0.2) is 119 Å². The Hall–Kier alpha value is -6.17. The van der Waals surface area contributed by atoms with Crippen molar-refractivity contribution in [2.75, 3.05) is 68.4 Å². The zero-order valence-electron chi connectivity index (χ0n) is 37.9. The molecule has 3 saturated heterocycles. The molecule has 1 unspecified atom stereocenters. The standard InChI is InChI=1S/C48H61F2N11O5/c1-30(62)59-22-16-41-39(28-59)47(60-17-4-5-32-23-37(33(26-51)27-52-2)38(46(49)50)25-42(32)60)56-61(41)36-14-20-58(21-15-36)45(65)11-8-31-12-18-57(19-13-31)29-44(64)54-35-7-3-6-34(24-35)53-40-9-10-43(63)55-48(40)66/h3,6-7,23-27,31,36,40,46,53H,4-5,8-22,28-29,51H2,1-2H3,(H,54,64)(H,55,63,66)/b33-26+,52-27?. The molecule has 0 bridgehead atoms. The molecule has 1 atom stereocenters. The lowest BCUT2D eigenvalue weighted by atomic mass is 9.91. The lowest BCUT2D eigenvalue weighted by Gasteiger charge is -2.35. The number of nitrogens with two attached hydrogens (primary N) is 1. The first-order valence-corrected chi connectivity index (χ1v) is 23.3. The van der Waals surface area contributed by atoms with Crippen molar-refractivity contribution in [3.8, 4) is 0 Å². The van der Waals surface area contributed by atoms with Gasteiger partial charge in [0.05, 0.1) is 19.1 Å². The maximum Gasteiger partial charge on any atom is 0.264 e. The Bertz CT molecular complexity index is 2380. The summed E-state index contributed by atoms with van der Waals surface area (Å²) < 4.78 is 31.5. The first kappa shape index (κ1) is 46.4. The normalized spacial score (nSPS) is 20.1. The van der Waals surface area contributed by atoms with Gasteiger partial charge in [0.1, 0.15) is 6.04 Å². The number of nitrogens with zero attached hydrogens (tertiary/aromatic N) is 7. The van der Waals surface area contributed by atoms with E-state index in [9.17, 15) is 32.8 Å². The number of carbonyl (C=O) groups is 5. The number of allylic oxidation sites excluding steroid dienone is 1. The fourth-order valence-electron chi connectivity index (χ4n) is 10.3.